The summed E-state index contributed by atoms with van der Waals surface area (Å²) in [6, 6.07) is 0. The van der Waals surface area contributed by atoms with Gasteiger partial charge in [0.15, 0.2) is 0 Å². The highest BCUT2D eigenvalue weighted by Crippen LogP contribution is 2.40. The predicted molar refractivity (Wildman–Crippen MR) is 89.3 cm³/mol. The number of hydrogen-bond acceptors (Lipinski definition) is 3. The summed E-state index contributed by atoms with van der Waals surface area (Å²) in [4.78, 5) is 2.69. The van der Waals surface area contributed by atoms with Crippen molar-refractivity contribution in [3.8, 4) is 0 Å². The van der Waals surface area contributed by atoms with Crippen LogP contribution in [0.4, 0.5) is 0 Å². The van der Waals surface area contributed by atoms with Crippen LogP contribution >= 0.6 is 0 Å². The predicted octanol–water partition coefficient (Wildman–Crippen LogP) is 3.28. The van der Waals surface area contributed by atoms with Crippen molar-refractivity contribution in [3.63, 3.8) is 0 Å². The van der Waals surface area contributed by atoms with Gasteiger partial charge in [-0.05, 0) is 50.0 Å². The molecule has 4 unspecified atom stereocenters. The Kier molecular flexibility index (Phi) is 6.10. The Morgan fingerprint density at radius 2 is 2.10 bits per heavy atom. The van der Waals surface area contributed by atoms with Gasteiger partial charge in [0, 0.05) is 25.7 Å². The van der Waals surface area contributed by atoms with Gasteiger partial charge in [-0.2, -0.15) is 0 Å². The van der Waals surface area contributed by atoms with Crippen LogP contribution in [0.2, 0.25) is 0 Å². The third-order valence-electron chi connectivity index (χ3n) is 5.97. The molecule has 0 aromatic carbocycles. The van der Waals surface area contributed by atoms with Crippen molar-refractivity contribution >= 4 is 0 Å². The van der Waals surface area contributed by atoms with Gasteiger partial charge in [-0.25, -0.2) is 0 Å². The minimum Gasteiger partial charge on any atom is -0.380 e. The van der Waals surface area contributed by atoms with Gasteiger partial charge in [-0.15, -0.1) is 0 Å². The van der Waals surface area contributed by atoms with Crippen molar-refractivity contribution < 1.29 is 4.74 Å². The molecule has 2 N–H and O–H groups in total. The molecule has 0 bridgehead atoms. The Hall–Kier alpha value is -0.120. The number of hydrogen-bond donors (Lipinski definition) is 1. The molecule has 0 amide bonds. The van der Waals surface area contributed by atoms with Gasteiger partial charge in [0.2, 0.25) is 0 Å². The van der Waals surface area contributed by atoms with Crippen LogP contribution in [0.25, 0.3) is 0 Å². The maximum Gasteiger partial charge on any atom is 0.0724 e. The van der Waals surface area contributed by atoms with Crippen LogP contribution < -0.4 is 5.73 Å². The summed E-state index contributed by atoms with van der Waals surface area (Å²) in [6.07, 6.45) is 8.31. The Labute approximate surface area is 131 Å². The number of ether oxygens (including phenoxy) is 1. The summed E-state index contributed by atoms with van der Waals surface area (Å²) >= 11 is 0. The number of likely N-dealkylation sites (tertiary alicyclic amines) is 1. The lowest BCUT2D eigenvalue weighted by Crippen LogP contribution is -2.61. The fraction of sp³-hybridized carbons (Fsp3) is 1.00. The number of methoxy groups -OCH3 is 1. The summed E-state index contributed by atoms with van der Waals surface area (Å²) in [5.74, 6) is 2.34. The van der Waals surface area contributed by atoms with E-state index >= 15 is 0 Å². The molecule has 1 heterocycles. The van der Waals surface area contributed by atoms with Gasteiger partial charge < -0.3 is 10.5 Å². The van der Waals surface area contributed by atoms with Gasteiger partial charge in [0.05, 0.1) is 6.10 Å². The van der Waals surface area contributed by atoms with Gasteiger partial charge in [-0.3, -0.25) is 4.90 Å². The monoisotopic (exact) mass is 296 g/mol. The molecule has 2 fully saturated rings. The highest BCUT2D eigenvalue weighted by atomic mass is 16.5. The summed E-state index contributed by atoms with van der Waals surface area (Å²) in [6.45, 7) is 10.1. The van der Waals surface area contributed by atoms with Crippen molar-refractivity contribution in [1.82, 2.24) is 4.90 Å². The number of rotatable bonds is 5. The molecule has 4 atom stereocenters. The smallest absolute Gasteiger partial charge is 0.0724 e. The lowest BCUT2D eigenvalue weighted by molar-refractivity contribution is -0.0619. The fourth-order valence-electron chi connectivity index (χ4n) is 4.70. The summed E-state index contributed by atoms with van der Waals surface area (Å²) in [5, 5.41) is 0. The first-order valence-electron chi connectivity index (χ1n) is 8.98. The lowest BCUT2D eigenvalue weighted by atomic mass is 9.71. The second-order valence-electron chi connectivity index (χ2n) is 8.01. The molecule has 0 aromatic heterocycles. The molecule has 3 heteroatoms. The van der Waals surface area contributed by atoms with E-state index in [0.29, 0.717) is 12.0 Å². The average molecular weight is 296 g/mol. The van der Waals surface area contributed by atoms with Crippen LogP contribution in [0.3, 0.4) is 0 Å². The fourth-order valence-corrected chi connectivity index (χ4v) is 4.70. The van der Waals surface area contributed by atoms with E-state index in [2.05, 4.69) is 25.7 Å². The second-order valence-corrected chi connectivity index (χ2v) is 8.01. The van der Waals surface area contributed by atoms with E-state index < -0.39 is 0 Å². The zero-order chi connectivity index (χ0) is 15.5. The minimum absolute atomic E-state index is 0.245. The molecule has 1 aliphatic carbocycles. The van der Waals surface area contributed by atoms with Crippen molar-refractivity contribution in [2.45, 2.75) is 70.9 Å². The molecule has 1 saturated heterocycles. The second kappa shape index (κ2) is 7.43. The Morgan fingerprint density at radius 1 is 1.33 bits per heavy atom. The third-order valence-corrected chi connectivity index (χ3v) is 5.97. The number of nitrogens with zero attached hydrogens (tertiary/aromatic N) is 1. The molecular weight excluding hydrogens is 260 g/mol. The van der Waals surface area contributed by atoms with Crippen molar-refractivity contribution in [2.24, 2.45) is 23.5 Å². The Balaban J connectivity index is 2.06. The van der Waals surface area contributed by atoms with Gasteiger partial charge in [-0.1, -0.05) is 33.6 Å². The molecule has 0 radical (unpaired) electrons. The maximum atomic E-state index is 6.30. The average Bonchev–Trinajstić information content (AvgIpc) is 2.47. The van der Waals surface area contributed by atoms with Crippen LogP contribution in [-0.2, 0) is 4.74 Å². The normalized spacial score (nSPS) is 38.9. The first-order valence-corrected chi connectivity index (χ1v) is 8.98. The van der Waals surface area contributed by atoms with Crippen molar-refractivity contribution in [3.05, 3.63) is 0 Å². The van der Waals surface area contributed by atoms with E-state index in [1.54, 1.807) is 0 Å². The molecule has 0 aromatic rings. The van der Waals surface area contributed by atoms with Crippen LogP contribution in [0.15, 0.2) is 0 Å². The maximum absolute atomic E-state index is 6.30. The lowest BCUT2D eigenvalue weighted by Gasteiger charge is -2.52. The van der Waals surface area contributed by atoms with E-state index in [9.17, 15) is 0 Å². The highest BCUT2D eigenvalue weighted by Gasteiger charge is 2.43. The molecule has 1 saturated carbocycles. The zero-order valence-corrected chi connectivity index (χ0v) is 14.6. The molecule has 2 aliphatic rings. The first kappa shape index (κ1) is 17.2. The summed E-state index contributed by atoms with van der Waals surface area (Å²) < 4.78 is 5.72. The van der Waals surface area contributed by atoms with Gasteiger partial charge >= 0.3 is 0 Å². The van der Waals surface area contributed by atoms with E-state index in [4.69, 9.17) is 10.5 Å². The van der Waals surface area contributed by atoms with E-state index in [-0.39, 0.29) is 5.54 Å². The molecular formula is C18H36N2O. The van der Waals surface area contributed by atoms with Crippen LogP contribution in [0.5, 0.6) is 0 Å². The van der Waals surface area contributed by atoms with Crippen LogP contribution in [0, 0.1) is 17.8 Å². The largest absolute Gasteiger partial charge is 0.380 e. The number of nitrogens with two attached hydrogens (primary N) is 1. The van der Waals surface area contributed by atoms with E-state index in [1.807, 2.05) is 7.11 Å². The SMILES string of the molecule is COC1CN(C2(CN)CCCC(CC(C)C)C2)CCC1C. The molecule has 124 valence electrons. The van der Waals surface area contributed by atoms with Crippen LogP contribution in [-0.4, -0.2) is 43.3 Å². The first-order chi connectivity index (χ1) is 10.0. The van der Waals surface area contributed by atoms with Crippen molar-refractivity contribution in [1.29, 1.82) is 0 Å². The summed E-state index contributed by atoms with van der Waals surface area (Å²) in [7, 11) is 1.86. The quantitative estimate of drug-likeness (QED) is 0.846. The van der Waals surface area contributed by atoms with Gasteiger partial charge in [0.1, 0.15) is 0 Å². The highest BCUT2D eigenvalue weighted by molar-refractivity contribution is 4.99. The Bertz CT molecular complexity index is 320. The van der Waals surface area contributed by atoms with Crippen LogP contribution in [0.1, 0.15) is 59.3 Å². The minimum atomic E-state index is 0.245. The Morgan fingerprint density at radius 3 is 2.71 bits per heavy atom. The molecule has 21 heavy (non-hydrogen) atoms. The van der Waals surface area contributed by atoms with E-state index in [0.717, 1.165) is 24.9 Å². The topological polar surface area (TPSA) is 38.5 Å². The molecule has 3 nitrogen and oxygen atoms in total. The van der Waals surface area contributed by atoms with Crippen molar-refractivity contribution in [2.75, 3.05) is 26.7 Å². The molecule has 1 aliphatic heterocycles. The third kappa shape index (κ3) is 4.00. The number of piperidine rings is 1. The molecule has 0 spiro atoms. The van der Waals surface area contributed by atoms with Gasteiger partial charge in [0.25, 0.3) is 0 Å². The zero-order valence-electron chi connectivity index (χ0n) is 14.6. The standard InChI is InChI=1S/C18H36N2O/c1-14(2)10-16-6-5-8-18(11-16,13-19)20-9-7-15(3)17(12-20)21-4/h14-17H,5-13,19H2,1-4H3. The van der Waals surface area contributed by atoms with E-state index in [1.165, 1.54) is 45.1 Å². The molecule has 2 rings (SSSR count). The summed E-state index contributed by atoms with van der Waals surface area (Å²) in [5.41, 5.74) is 6.55.